The summed E-state index contributed by atoms with van der Waals surface area (Å²) >= 11 is 0. The number of rotatable bonds is 6. The molecule has 3 aromatic rings. The number of benzene rings is 3. The number of hydrogen-bond acceptors (Lipinski definition) is 3. The maximum absolute atomic E-state index is 14.1. The van der Waals surface area contributed by atoms with Gasteiger partial charge in [0, 0.05) is 0 Å². The van der Waals surface area contributed by atoms with Gasteiger partial charge in [0.25, 0.3) is 0 Å². The zero-order chi connectivity index (χ0) is 22.3. The first-order valence-corrected chi connectivity index (χ1v) is 11.4. The van der Waals surface area contributed by atoms with Gasteiger partial charge in [0.15, 0.2) is 0 Å². The fraction of sp³-hybridized carbons (Fsp3) is 0.321. The van der Waals surface area contributed by atoms with Gasteiger partial charge in [-0.2, -0.15) is 0 Å². The predicted octanol–water partition coefficient (Wildman–Crippen LogP) is 5.23. The van der Waals surface area contributed by atoms with Crippen LogP contribution in [0, 0.1) is 5.41 Å². The number of nitrogens with zero attached hydrogens (tertiary/aromatic N) is 1. The minimum absolute atomic E-state index is 0.0558. The zero-order valence-corrected chi connectivity index (χ0v) is 18.5. The molecule has 5 rings (SSSR count). The first-order valence-electron chi connectivity index (χ1n) is 11.4. The quantitative estimate of drug-likeness (QED) is 0.548. The van der Waals surface area contributed by atoms with Crippen LogP contribution in [0.2, 0.25) is 0 Å². The van der Waals surface area contributed by atoms with Crippen LogP contribution in [-0.2, 0) is 9.53 Å². The molecule has 32 heavy (non-hydrogen) atoms. The highest BCUT2D eigenvalue weighted by Gasteiger charge is 2.77. The van der Waals surface area contributed by atoms with Crippen molar-refractivity contribution in [2.75, 3.05) is 0 Å². The van der Waals surface area contributed by atoms with E-state index in [1.54, 1.807) is 0 Å². The number of likely N-dealkylation sites (tertiary alicyclic amines) is 1. The van der Waals surface area contributed by atoms with Gasteiger partial charge in [0.2, 0.25) is 5.91 Å². The Morgan fingerprint density at radius 3 is 2.00 bits per heavy atom. The molecule has 2 saturated heterocycles. The van der Waals surface area contributed by atoms with E-state index in [1.165, 1.54) is 0 Å². The number of aliphatic hydroxyl groups is 1. The summed E-state index contributed by atoms with van der Waals surface area (Å²) in [6.07, 6.45) is -1.07. The number of ether oxygens (including phenoxy) is 1. The van der Waals surface area contributed by atoms with E-state index in [0.717, 1.165) is 16.7 Å². The van der Waals surface area contributed by atoms with E-state index >= 15 is 0 Å². The van der Waals surface area contributed by atoms with Crippen LogP contribution in [0.4, 0.5) is 0 Å². The molecule has 1 amide bonds. The van der Waals surface area contributed by atoms with E-state index < -0.39 is 17.6 Å². The molecule has 2 aliphatic rings. The lowest BCUT2D eigenvalue weighted by atomic mass is 9.54. The summed E-state index contributed by atoms with van der Waals surface area (Å²) < 4.78 is 6.29. The summed E-state index contributed by atoms with van der Waals surface area (Å²) in [5.74, 6) is 0.0558. The van der Waals surface area contributed by atoms with Crippen LogP contribution < -0.4 is 0 Å². The third kappa shape index (κ3) is 2.94. The molecule has 2 aliphatic heterocycles. The number of β-lactam (4-membered cyclic amide) rings is 1. The van der Waals surface area contributed by atoms with Crippen molar-refractivity contribution in [2.24, 2.45) is 5.41 Å². The Morgan fingerprint density at radius 2 is 1.44 bits per heavy atom. The van der Waals surface area contributed by atoms with Crippen LogP contribution >= 0.6 is 0 Å². The topological polar surface area (TPSA) is 49.8 Å². The molecule has 1 N–H and O–H groups in total. The Kier molecular flexibility index (Phi) is 5.36. The first-order chi connectivity index (χ1) is 15.6. The van der Waals surface area contributed by atoms with E-state index in [4.69, 9.17) is 4.74 Å². The second-order valence-corrected chi connectivity index (χ2v) is 8.87. The monoisotopic (exact) mass is 427 g/mol. The fourth-order valence-corrected chi connectivity index (χ4v) is 5.57. The van der Waals surface area contributed by atoms with Crippen LogP contribution in [0.1, 0.15) is 55.1 Å². The normalized spacial score (nSPS) is 28.7. The summed E-state index contributed by atoms with van der Waals surface area (Å²) in [7, 11) is 0. The third-order valence-corrected chi connectivity index (χ3v) is 7.21. The minimum atomic E-state index is -0.818. The number of carbonyl (C=O) groups is 1. The van der Waals surface area contributed by atoms with Gasteiger partial charge in [0.1, 0.15) is 17.6 Å². The molecule has 4 heteroatoms. The fourth-order valence-electron chi connectivity index (χ4n) is 5.57. The largest absolute Gasteiger partial charge is 0.390 e. The lowest BCUT2D eigenvalue weighted by Crippen LogP contribution is -2.78. The molecule has 0 aliphatic carbocycles. The van der Waals surface area contributed by atoms with Gasteiger partial charge in [0.05, 0.1) is 18.2 Å². The molecule has 0 bridgehead atoms. The van der Waals surface area contributed by atoms with Crippen molar-refractivity contribution in [1.29, 1.82) is 0 Å². The molecule has 4 nitrogen and oxygen atoms in total. The number of carbonyl (C=O) groups excluding carboxylic acids is 1. The Hall–Kier alpha value is -2.95. The molecule has 2 heterocycles. The average Bonchev–Trinajstić information content (AvgIpc) is 2.83. The summed E-state index contributed by atoms with van der Waals surface area (Å²) in [4.78, 5) is 16.1. The van der Waals surface area contributed by atoms with E-state index in [1.807, 2.05) is 78.6 Å². The Morgan fingerprint density at radius 1 is 0.906 bits per heavy atom. The van der Waals surface area contributed by atoms with E-state index in [2.05, 4.69) is 31.2 Å². The van der Waals surface area contributed by atoms with Crippen molar-refractivity contribution < 1.29 is 14.6 Å². The van der Waals surface area contributed by atoms with Gasteiger partial charge in [-0.1, -0.05) is 97.9 Å². The number of aliphatic hydroxyl groups excluding tert-OH is 1. The lowest BCUT2D eigenvalue weighted by Gasteiger charge is -2.69. The highest BCUT2D eigenvalue weighted by atomic mass is 16.5. The summed E-state index contributed by atoms with van der Waals surface area (Å²) in [5.41, 5.74) is 2.34. The van der Waals surface area contributed by atoms with Crippen molar-refractivity contribution >= 4 is 5.91 Å². The molecule has 6 atom stereocenters. The van der Waals surface area contributed by atoms with Gasteiger partial charge >= 0.3 is 0 Å². The van der Waals surface area contributed by atoms with Crippen molar-refractivity contribution in [3.05, 3.63) is 108 Å². The molecule has 3 aromatic carbocycles. The lowest BCUT2D eigenvalue weighted by molar-refractivity contribution is -0.329. The molecule has 1 spiro atoms. The molecule has 0 aromatic heterocycles. The second-order valence-electron chi connectivity index (χ2n) is 8.87. The summed E-state index contributed by atoms with van der Waals surface area (Å²) in [6, 6.07) is 30.0. The van der Waals surface area contributed by atoms with Crippen molar-refractivity contribution in [3.8, 4) is 0 Å². The summed E-state index contributed by atoms with van der Waals surface area (Å²) in [5, 5.41) is 10.9. The molecule has 0 radical (unpaired) electrons. The van der Waals surface area contributed by atoms with Gasteiger partial charge in [-0.3, -0.25) is 4.79 Å². The predicted molar refractivity (Wildman–Crippen MR) is 124 cm³/mol. The highest BCUT2D eigenvalue weighted by molar-refractivity contribution is 5.94. The van der Waals surface area contributed by atoms with Gasteiger partial charge in [-0.15, -0.1) is 0 Å². The third-order valence-electron chi connectivity index (χ3n) is 7.21. The number of hydrogen-bond donors (Lipinski definition) is 1. The molecule has 2 fully saturated rings. The van der Waals surface area contributed by atoms with Crippen LogP contribution in [-0.4, -0.2) is 28.1 Å². The van der Waals surface area contributed by atoms with Gasteiger partial charge < -0.3 is 14.7 Å². The first kappa shape index (κ1) is 20.9. The van der Waals surface area contributed by atoms with E-state index in [0.29, 0.717) is 6.42 Å². The Bertz CT molecular complexity index is 1070. The van der Waals surface area contributed by atoms with Crippen LogP contribution in [0.5, 0.6) is 0 Å². The molecular weight excluding hydrogens is 398 g/mol. The SMILES string of the molecule is CC[C@@H](O)[C@H]1O[C@@H](c2ccccc2)[C@@]12C(=O)N([C@@H](C)c1ccccc1)[C@H]2c1ccccc1. The maximum atomic E-state index is 14.1. The van der Waals surface area contributed by atoms with Crippen LogP contribution in [0.3, 0.4) is 0 Å². The standard InChI is InChI=1S/C28H29NO3/c1-3-23(30)26-28(25(32-26)22-17-11-6-12-18-22)24(21-15-9-5-10-16-21)29(27(28)31)19(2)20-13-7-4-8-14-20/h4-19,23-26,30H,3H2,1-2H3/t19-,23+,24-,25-,26+,28+/m0/s1. The zero-order valence-electron chi connectivity index (χ0n) is 18.5. The second kappa shape index (κ2) is 8.19. The van der Waals surface area contributed by atoms with Gasteiger partial charge in [-0.25, -0.2) is 0 Å². The molecule has 0 unspecified atom stereocenters. The van der Waals surface area contributed by atoms with Crippen molar-refractivity contribution in [3.63, 3.8) is 0 Å². The molecular formula is C28H29NO3. The van der Waals surface area contributed by atoms with Crippen LogP contribution in [0.25, 0.3) is 0 Å². The number of amides is 1. The van der Waals surface area contributed by atoms with Crippen molar-refractivity contribution in [1.82, 2.24) is 4.90 Å². The Labute approximate surface area is 189 Å². The van der Waals surface area contributed by atoms with Crippen molar-refractivity contribution in [2.45, 2.75) is 50.7 Å². The van der Waals surface area contributed by atoms with E-state index in [9.17, 15) is 9.90 Å². The average molecular weight is 428 g/mol. The Balaban J connectivity index is 1.63. The van der Waals surface area contributed by atoms with Crippen LogP contribution in [0.15, 0.2) is 91.0 Å². The highest BCUT2D eigenvalue weighted by Crippen LogP contribution is 2.69. The molecule has 0 saturated carbocycles. The maximum Gasteiger partial charge on any atom is 0.238 e. The smallest absolute Gasteiger partial charge is 0.238 e. The minimum Gasteiger partial charge on any atom is -0.390 e. The van der Waals surface area contributed by atoms with E-state index in [-0.39, 0.29) is 24.1 Å². The van der Waals surface area contributed by atoms with Gasteiger partial charge in [-0.05, 0) is 30.0 Å². The summed E-state index contributed by atoms with van der Waals surface area (Å²) in [6.45, 7) is 4.01. The molecule has 164 valence electrons.